The van der Waals surface area contributed by atoms with E-state index in [-0.39, 0.29) is 24.3 Å². The number of rotatable bonds is 3. The Morgan fingerprint density at radius 1 is 0.808 bits per heavy atom. The van der Waals surface area contributed by atoms with Gasteiger partial charge < -0.3 is 4.90 Å². The average Bonchev–Trinajstić information content (AvgIpc) is 2.97. The summed E-state index contributed by atoms with van der Waals surface area (Å²) in [5.41, 5.74) is 1.79. The minimum absolute atomic E-state index is 0.110. The molecule has 0 bridgehead atoms. The molecule has 2 aliphatic heterocycles. The van der Waals surface area contributed by atoms with Gasteiger partial charge in [-0.3, -0.25) is 14.5 Å². The van der Waals surface area contributed by atoms with Crippen LogP contribution in [-0.4, -0.2) is 48.9 Å². The van der Waals surface area contributed by atoms with Crippen molar-refractivity contribution < 1.29 is 9.59 Å². The Balaban J connectivity index is 1.42. The van der Waals surface area contributed by atoms with Crippen molar-refractivity contribution in [1.29, 1.82) is 0 Å². The van der Waals surface area contributed by atoms with Crippen molar-refractivity contribution in [2.45, 2.75) is 12.5 Å². The summed E-state index contributed by atoms with van der Waals surface area (Å²) >= 11 is 5.95. The van der Waals surface area contributed by atoms with Crippen LogP contribution in [0.1, 0.15) is 6.42 Å². The van der Waals surface area contributed by atoms with Gasteiger partial charge in [0.25, 0.3) is 5.91 Å². The molecule has 134 valence electrons. The quantitative estimate of drug-likeness (QED) is 0.780. The highest BCUT2D eigenvalue weighted by Gasteiger charge is 2.43. The molecular formula is C20H20ClN3O2. The van der Waals surface area contributed by atoms with E-state index in [0.29, 0.717) is 5.69 Å². The minimum atomic E-state index is -0.352. The standard InChI is InChI=1S/C20H20ClN3O2/c21-15-6-8-16(9-7-15)22-10-12-23(13-11-22)18-14-19(25)24(20(18)26)17-4-2-1-3-5-17/h1-9,18H,10-14H2/t18-/m1/s1. The van der Waals surface area contributed by atoms with E-state index >= 15 is 0 Å². The van der Waals surface area contributed by atoms with Crippen LogP contribution in [0.15, 0.2) is 54.6 Å². The Morgan fingerprint density at radius 2 is 1.46 bits per heavy atom. The van der Waals surface area contributed by atoms with Gasteiger partial charge in [-0.25, -0.2) is 4.90 Å². The van der Waals surface area contributed by atoms with Gasteiger partial charge in [0.05, 0.1) is 18.2 Å². The zero-order chi connectivity index (χ0) is 18.1. The second-order valence-electron chi connectivity index (χ2n) is 6.62. The third kappa shape index (κ3) is 3.20. The van der Waals surface area contributed by atoms with E-state index in [2.05, 4.69) is 9.80 Å². The maximum absolute atomic E-state index is 12.8. The molecule has 2 saturated heterocycles. The fourth-order valence-electron chi connectivity index (χ4n) is 3.69. The maximum Gasteiger partial charge on any atom is 0.251 e. The molecule has 0 spiro atoms. The van der Waals surface area contributed by atoms with Gasteiger partial charge in [-0.2, -0.15) is 0 Å². The van der Waals surface area contributed by atoms with E-state index in [9.17, 15) is 9.59 Å². The summed E-state index contributed by atoms with van der Waals surface area (Å²) in [5.74, 6) is -0.229. The van der Waals surface area contributed by atoms with Gasteiger partial charge in [0.1, 0.15) is 0 Å². The lowest BCUT2D eigenvalue weighted by Crippen LogP contribution is -2.52. The number of imide groups is 1. The fourth-order valence-corrected chi connectivity index (χ4v) is 3.82. The SMILES string of the molecule is O=C1C[C@@H](N2CCN(c3ccc(Cl)cc3)CC2)C(=O)N1c1ccccc1. The summed E-state index contributed by atoms with van der Waals surface area (Å²) in [6, 6.07) is 16.6. The molecule has 0 unspecified atom stereocenters. The van der Waals surface area contributed by atoms with Gasteiger partial charge in [-0.05, 0) is 36.4 Å². The van der Waals surface area contributed by atoms with Crippen LogP contribution < -0.4 is 9.80 Å². The van der Waals surface area contributed by atoms with Gasteiger partial charge in [-0.15, -0.1) is 0 Å². The number of piperazine rings is 1. The monoisotopic (exact) mass is 369 g/mol. The molecule has 2 aromatic carbocycles. The van der Waals surface area contributed by atoms with E-state index in [1.807, 2.05) is 42.5 Å². The Morgan fingerprint density at radius 3 is 2.12 bits per heavy atom. The Labute approximate surface area is 157 Å². The zero-order valence-electron chi connectivity index (χ0n) is 14.3. The van der Waals surface area contributed by atoms with Crippen LogP contribution in [0.5, 0.6) is 0 Å². The summed E-state index contributed by atoms with van der Waals surface area (Å²) in [6.07, 6.45) is 0.259. The minimum Gasteiger partial charge on any atom is -0.369 e. The summed E-state index contributed by atoms with van der Waals surface area (Å²) in [7, 11) is 0. The lowest BCUT2D eigenvalue weighted by Gasteiger charge is -2.38. The number of benzene rings is 2. The molecule has 1 atom stereocenters. The first-order valence-electron chi connectivity index (χ1n) is 8.80. The Kier molecular flexibility index (Phi) is 4.66. The molecule has 2 amide bonds. The van der Waals surface area contributed by atoms with E-state index < -0.39 is 0 Å². The number of para-hydroxylation sites is 1. The second-order valence-corrected chi connectivity index (χ2v) is 7.06. The lowest BCUT2D eigenvalue weighted by molar-refractivity contribution is -0.123. The third-order valence-electron chi connectivity index (χ3n) is 5.08. The van der Waals surface area contributed by atoms with E-state index in [1.165, 1.54) is 4.90 Å². The Hall–Kier alpha value is -2.37. The summed E-state index contributed by atoms with van der Waals surface area (Å²) < 4.78 is 0. The average molecular weight is 370 g/mol. The molecule has 0 saturated carbocycles. The van der Waals surface area contributed by atoms with Crippen LogP contribution in [0.2, 0.25) is 5.02 Å². The van der Waals surface area contributed by atoms with E-state index in [1.54, 1.807) is 12.1 Å². The second kappa shape index (κ2) is 7.09. The van der Waals surface area contributed by atoms with Crippen LogP contribution in [0.3, 0.4) is 0 Å². The summed E-state index contributed by atoms with van der Waals surface area (Å²) in [6.45, 7) is 3.17. The summed E-state index contributed by atoms with van der Waals surface area (Å²) in [5, 5.41) is 0.725. The molecule has 2 heterocycles. The van der Waals surface area contributed by atoms with Crippen molar-refractivity contribution in [2.75, 3.05) is 36.0 Å². The number of hydrogen-bond donors (Lipinski definition) is 0. The van der Waals surface area contributed by atoms with Crippen molar-refractivity contribution in [3.05, 3.63) is 59.6 Å². The van der Waals surface area contributed by atoms with Crippen LogP contribution in [-0.2, 0) is 9.59 Å². The molecule has 6 heteroatoms. The van der Waals surface area contributed by atoms with Crippen LogP contribution in [0, 0.1) is 0 Å². The molecule has 5 nitrogen and oxygen atoms in total. The molecule has 0 radical (unpaired) electrons. The van der Waals surface area contributed by atoms with Crippen molar-refractivity contribution in [3.8, 4) is 0 Å². The van der Waals surface area contributed by atoms with Crippen LogP contribution in [0.4, 0.5) is 11.4 Å². The highest BCUT2D eigenvalue weighted by Crippen LogP contribution is 2.27. The number of amides is 2. The van der Waals surface area contributed by atoms with Gasteiger partial charge in [-0.1, -0.05) is 29.8 Å². The highest BCUT2D eigenvalue weighted by molar-refractivity contribution is 6.30. The fraction of sp³-hybridized carbons (Fsp3) is 0.300. The van der Waals surface area contributed by atoms with Gasteiger partial charge in [0.2, 0.25) is 5.91 Å². The highest BCUT2D eigenvalue weighted by atomic mass is 35.5. The van der Waals surface area contributed by atoms with Crippen molar-refractivity contribution in [1.82, 2.24) is 4.90 Å². The lowest BCUT2D eigenvalue weighted by atomic mass is 10.1. The topological polar surface area (TPSA) is 43.9 Å². The molecule has 0 aromatic heterocycles. The van der Waals surface area contributed by atoms with Gasteiger partial charge >= 0.3 is 0 Å². The maximum atomic E-state index is 12.8. The van der Waals surface area contributed by atoms with Crippen molar-refractivity contribution >= 4 is 34.8 Å². The van der Waals surface area contributed by atoms with E-state index in [0.717, 1.165) is 36.9 Å². The van der Waals surface area contributed by atoms with Crippen LogP contribution >= 0.6 is 11.6 Å². The Bertz CT molecular complexity index is 802. The van der Waals surface area contributed by atoms with Crippen LogP contribution in [0.25, 0.3) is 0 Å². The number of hydrogen-bond acceptors (Lipinski definition) is 4. The zero-order valence-corrected chi connectivity index (χ0v) is 15.1. The third-order valence-corrected chi connectivity index (χ3v) is 5.34. The largest absolute Gasteiger partial charge is 0.369 e. The van der Waals surface area contributed by atoms with Gasteiger partial charge in [0, 0.05) is 36.9 Å². The normalized spacial score (nSPS) is 21.5. The predicted octanol–water partition coefficient (Wildman–Crippen LogP) is 2.79. The molecule has 2 aromatic rings. The number of carbonyl (C=O) groups is 2. The molecule has 2 fully saturated rings. The molecule has 2 aliphatic rings. The number of carbonyl (C=O) groups excluding carboxylic acids is 2. The molecular weight excluding hydrogens is 350 g/mol. The predicted molar refractivity (Wildman–Crippen MR) is 103 cm³/mol. The molecule has 4 rings (SSSR count). The number of anilines is 2. The molecule has 0 N–H and O–H groups in total. The van der Waals surface area contributed by atoms with Gasteiger partial charge in [0.15, 0.2) is 0 Å². The molecule has 26 heavy (non-hydrogen) atoms. The first-order chi connectivity index (χ1) is 12.6. The smallest absolute Gasteiger partial charge is 0.251 e. The number of halogens is 1. The first kappa shape index (κ1) is 17.1. The summed E-state index contributed by atoms with van der Waals surface area (Å²) in [4.78, 5) is 31.0. The van der Waals surface area contributed by atoms with E-state index in [4.69, 9.17) is 11.6 Å². The molecule has 0 aliphatic carbocycles. The first-order valence-corrected chi connectivity index (χ1v) is 9.18. The number of nitrogens with zero attached hydrogens (tertiary/aromatic N) is 3. The van der Waals surface area contributed by atoms with Crippen molar-refractivity contribution in [2.24, 2.45) is 0 Å². The van der Waals surface area contributed by atoms with Crippen molar-refractivity contribution in [3.63, 3.8) is 0 Å².